The number of aromatic nitrogens is 2. The number of hydrogen-bond donors (Lipinski definition) is 1. The topological polar surface area (TPSA) is 39.2 Å². The second-order valence-electron chi connectivity index (χ2n) is 5.42. The van der Waals surface area contributed by atoms with Crippen LogP contribution in [0.5, 0.6) is 11.5 Å². The Kier molecular flexibility index (Phi) is 4.01. The number of allylic oxidation sites excluding steroid dienone is 2. The van der Waals surface area contributed by atoms with Gasteiger partial charge in [-0.05, 0) is 37.4 Å². The Hall–Kier alpha value is -1.75. The van der Waals surface area contributed by atoms with Crippen LogP contribution in [-0.4, -0.2) is 23.8 Å². The number of H-pyrrole nitrogens is 1. The molecule has 1 aromatic carbocycles. The second-order valence-corrected chi connectivity index (χ2v) is 5.80. The van der Waals surface area contributed by atoms with Crippen molar-refractivity contribution < 1.29 is 9.47 Å². The largest absolute Gasteiger partial charge is 0.493 e. The highest BCUT2D eigenvalue weighted by Crippen LogP contribution is 2.32. The molecule has 1 atom stereocenters. The van der Waals surface area contributed by atoms with Gasteiger partial charge in [0.1, 0.15) is 0 Å². The smallest absolute Gasteiger partial charge is 0.178 e. The van der Waals surface area contributed by atoms with Crippen molar-refractivity contribution in [1.82, 2.24) is 9.55 Å². The first-order valence-corrected chi connectivity index (χ1v) is 7.63. The van der Waals surface area contributed by atoms with Crippen molar-refractivity contribution in [3.05, 3.63) is 29.1 Å². The maximum atomic E-state index is 5.49. The highest BCUT2D eigenvalue weighted by Gasteiger charge is 2.15. The summed E-state index contributed by atoms with van der Waals surface area (Å²) in [4.78, 5) is 3.27. The number of nitrogens with zero attached hydrogens (tertiary/aromatic N) is 1. The van der Waals surface area contributed by atoms with Gasteiger partial charge in [0.05, 0.1) is 25.3 Å². The fourth-order valence-electron chi connectivity index (χ4n) is 2.95. The lowest BCUT2D eigenvalue weighted by Crippen LogP contribution is -2.12. The van der Waals surface area contributed by atoms with E-state index in [1.54, 1.807) is 14.2 Å². The van der Waals surface area contributed by atoms with Gasteiger partial charge in [0.15, 0.2) is 16.3 Å². The molecule has 21 heavy (non-hydrogen) atoms. The number of methoxy groups -OCH3 is 2. The third kappa shape index (κ3) is 2.70. The molecule has 1 aromatic heterocycles. The molecule has 5 heteroatoms. The minimum atomic E-state index is 0.647. The Morgan fingerprint density at radius 2 is 2.00 bits per heavy atom. The van der Waals surface area contributed by atoms with E-state index >= 15 is 0 Å². The van der Waals surface area contributed by atoms with Crippen molar-refractivity contribution >= 4 is 23.3 Å². The van der Waals surface area contributed by atoms with Crippen molar-refractivity contribution in [2.75, 3.05) is 14.2 Å². The van der Waals surface area contributed by atoms with Gasteiger partial charge in [-0.2, -0.15) is 0 Å². The van der Waals surface area contributed by atoms with Crippen LogP contribution in [0.3, 0.4) is 0 Å². The van der Waals surface area contributed by atoms with Crippen LogP contribution in [0.25, 0.3) is 11.0 Å². The molecule has 3 rings (SSSR count). The second kappa shape index (κ2) is 5.93. The number of ether oxygens (including phenoxy) is 2. The lowest BCUT2D eigenvalue weighted by Gasteiger charge is -2.18. The van der Waals surface area contributed by atoms with E-state index in [2.05, 4.69) is 21.7 Å². The maximum absolute atomic E-state index is 5.49. The van der Waals surface area contributed by atoms with Crippen LogP contribution < -0.4 is 9.47 Å². The SMILES string of the molecule is COc1cc2[nH]c(=S)n(CC3CC=CCC3)c2cc1OC. The summed E-state index contributed by atoms with van der Waals surface area (Å²) in [6, 6.07) is 3.94. The van der Waals surface area contributed by atoms with Crippen molar-refractivity contribution in [2.45, 2.75) is 25.8 Å². The molecule has 112 valence electrons. The fourth-order valence-corrected chi connectivity index (χ4v) is 3.23. The minimum absolute atomic E-state index is 0.647. The van der Waals surface area contributed by atoms with Crippen molar-refractivity contribution in [1.29, 1.82) is 0 Å². The molecular weight excluding hydrogens is 284 g/mol. The molecule has 0 aliphatic heterocycles. The van der Waals surface area contributed by atoms with E-state index in [0.717, 1.165) is 40.9 Å². The molecule has 1 N–H and O–H groups in total. The van der Waals surface area contributed by atoms with Gasteiger partial charge < -0.3 is 19.0 Å². The van der Waals surface area contributed by atoms with Gasteiger partial charge in [0, 0.05) is 18.7 Å². The summed E-state index contributed by atoms with van der Waals surface area (Å²) in [6.45, 7) is 0.943. The van der Waals surface area contributed by atoms with Gasteiger partial charge in [0.25, 0.3) is 0 Å². The Morgan fingerprint density at radius 3 is 2.67 bits per heavy atom. The number of aromatic amines is 1. The van der Waals surface area contributed by atoms with Crippen LogP contribution in [-0.2, 0) is 6.54 Å². The average molecular weight is 304 g/mol. The van der Waals surface area contributed by atoms with Crippen molar-refractivity contribution in [2.24, 2.45) is 5.92 Å². The summed E-state index contributed by atoms with van der Waals surface area (Å²) < 4.78 is 13.7. The van der Waals surface area contributed by atoms with Gasteiger partial charge >= 0.3 is 0 Å². The molecule has 0 bridgehead atoms. The monoisotopic (exact) mass is 304 g/mol. The first-order valence-electron chi connectivity index (χ1n) is 7.22. The Bertz CT molecular complexity index is 730. The van der Waals surface area contributed by atoms with Crippen LogP contribution in [0.4, 0.5) is 0 Å². The van der Waals surface area contributed by atoms with Crippen LogP contribution in [0.1, 0.15) is 19.3 Å². The van der Waals surface area contributed by atoms with Crippen LogP contribution in [0, 0.1) is 10.7 Å². The highest BCUT2D eigenvalue weighted by atomic mass is 32.1. The maximum Gasteiger partial charge on any atom is 0.178 e. The lowest BCUT2D eigenvalue weighted by atomic mass is 9.94. The van der Waals surface area contributed by atoms with E-state index in [1.165, 1.54) is 6.42 Å². The molecule has 0 saturated carbocycles. The molecule has 1 aliphatic carbocycles. The van der Waals surface area contributed by atoms with Crippen molar-refractivity contribution in [3.8, 4) is 11.5 Å². The number of benzene rings is 1. The fraction of sp³-hybridized carbons (Fsp3) is 0.438. The molecule has 0 spiro atoms. The van der Waals surface area contributed by atoms with Crippen molar-refractivity contribution in [3.63, 3.8) is 0 Å². The summed E-state index contributed by atoms with van der Waals surface area (Å²) >= 11 is 5.49. The van der Waals surface area contributed by atoms with E-state index in [4.69, 9.17) is 21.7 Å². The Balaban J connectivity index is 2.03. The molecule has 1 heterocycles. The zero-order valence-electron chi connectivity index (χ0n) is 12.4. The molecular formula is C16H20N2O2S. The van der Waals surface area contributed by atoms with E-state index in [1.807, 2.05) is 12.1 Å². The van der Waals surface area contributed by atoms with E-state index in [0.29, 0.717) is 11.7 Å². The summed E-state index contributed by atoms with van der Waals surface area (Å²) in [5.74, 6) is 2.10. The van der Waals surface area contributed by atoms with E-state index in [9.17, 15) is 0 Å². The van der Waals surface area contributed by atoms with Crippen LogP contribution >= 0.6 is 12.2 Å². The summed E-state index contributed by atoms with van der Waals surface area (Å²) in [5.41, 5.74) is 2.07. The average Bonchev–Trinajstić information content (AvgIpc) is 2.82. The van der Waals surface area contributed by atoms with Gasteiger partial charge in [-0.3, -0.25) is 0 Å². The zero-order valence-corrected chi connectivity index (χ0v) is 13.2. The predicted octanol–water partition coefficient (Wildman–Crippen LogP) is 4.07. The standard InChI is InChI=1S/C16H20N2O2S/c1-19-14-8-12-13(9-15(14)20-2)18(16(21)17-12)10-11-6-4-3-5-7-11/h3-4,8-9,11H,5-7,10H2,1-2H3,(H,17,21). The minimum Gasteiger partial charge on any atom is -0.493 e. The number of nitrogens with one attached hydrogen (secondary N) is 1. The predicted molar refractivity (Wildman–Crippen MR) is 86.7 cm³/mol. The van der Waals surface area contributed by atoms with Gasteiger partial charge in [-0.1, -0.05) is 12.2 Å². The first-order chi connectivity index (χ1) is 10.2. The Morgan fingerprint density at radius 1 is 1.24 bits per heavy atom. The van der Waals surface area contributed by atoms with Gasteiger partial charge in [-0.25, -0.2) is 0 Å². The molecule has 4 nitrogen and oxygen atoms in total. The Labute approximate surface area is 129 Å². The number of fused-ring (bicyclic) bond motifs is 1. The number of imidazole rings is 1. The summed E-state index contributed by atoms with van der Waals surface area (Å²) in [7, 11) is 3.30. The molecule has 0 radical (unpaired) electrons. The number of rotatable bonds is 4. The summed E-state index contributed by atoms with van der Waals surface area (Å²) in [5, 5.41) is 0. The van der Waals surface area contributed by atoms with E-state index in [-0.39, 0.29) is 0 Å². The third-order valence-electron chi connectivity index (χ3n) is 4.10. The molecule has 0 amide bonds. The lowest BCUT2D eigenvalue weighted by molar-refractivity contribution is 0.355. The van der Waals surface area contributed by atoms with Gasteiger partial charge in [-0.15, -0.1) is 0 Å². The van der Waals surface area contributed by atoms with Gasteiger partial charge in [0.2, 0.25) is 0 Å². The first kappa shape index (κ1) is 14.2. The van der Waals surface area contributed by atoms with Crippen LogP contribution in [0.2, 0.25) is 0 Å². The number of hydrogen-bond acceptors (Lipinski definition) is 3. The molecule has 0 fully saturated rings. The molecule has 2 aromatic rings. The summed E-state index contributed by atoms with van der Waals surface area (Å²) in [6.07, 6.45) is 8.05. The van der Waals surface area contributed by atoms with Crippen LogP contribution in [0.15, 0.2) is 24.3 Å². The molecule has 1 unspecified atom stereocenters. The quantitative estimate of drug-likeness (QED) is 0.683. The highest BCUT2D eigenvalue weighted by molar-refractivity contribution is 7.71. The third-order valence-corrected chi connectivity index (χ3v) is 4.42. The zero-order chi connectivity index (χ0) is 14.8. The van der Waals surface area contributed by atoms with E-state index < -0.39 is 0 Å². The molecule has 0 saturated heterocycles. The normalized spacial score (nSPS) is 18.1. The molecule has 1 aliphatic rings.